The van der Waals surface area contributed by atoms with Crippen molar-refractivity contribution in [3.05, 3.63) is 48.0 Å². The third-order valence-corrected chi connectivity index (χ3v) is 4.59. The number of imidazole rings is 1. The average molecular weight is 350 g/mol. The van der Waals surface area contributed by atoms with E-state index in [1.807, 2.05) is 4.57 Å². The number of anilines is 1. The fourth-order valence-electron chi connectivity index (χ4n) is 3.23. The van der Waals surface area contributed by atoms with Crippen molar-refractivity contribution in [1.82, 2.24) is 24.4 Å². The molecule has 132 valence electrons. The third-order valence-electron chi connectivity index (χ3n) is 4.59. The molecule has 0 spiro atoms. The van der Waals surface area contributed by atoms with E-state index in [2.05, 4.69) is 15.0 Å². The molecule has 8 heteroatoms. The zero-order chi connectivity index (χ0) is 18.1. The lowest BCUT2D eigenvalue weighted by Crippen LogP contribution is -2.30. The first-order valence-corrected chi connectivity index (χ1v) is 8.53. The zero-order valence-corrected chi connectivity index (χ0v) is 14.1. The van der Waals surface area contributed by atoms with Gasteiger partial charge in [-0.1, -0.05) is 12.1 Å². The Balaban J connectivity index is 1.30. The maximum atomic E-state index is 12.3. The number of fused-ring (bicyclic) bond motifs is 2. The van der Waals surface area contributed by atoms with Crippen molar-refractivity contribution in [3.63, 3.8) is 0 Å². The lowest BCUT2D eigenvalue weighted by atomic mass is 10.1. The molecule has 0 unspecified atom stereocenters. The quantitative estimate of drug-likeness (QED) is 0.537. The molecule has 0 bridgehead atoms. The maximum Gasteiger partial charge on any atom is 0.261 e. The summed E-state index contributed by atoms with van der Waals surface area (Å²) >= 11 is 0. The summed E-state index contributed by atoms with van der Waals surface area (Å²) in [6, 6.07) is 6.96. The lowest BCUT2D eigenvalue weighted by Gasteiger charge is -2.13. The molecule has 3 aromatic rings. The van der Waals surface area contributed by atoms with Gasteiger partial charge >= 0.3 is 0 Å². The number of hydrogen-bond donors (Lipinski definition) is 1. The molecule has 2 amide bonds. The number of carbonyl (C=O) groups is 2. The number of hydrogen-bond acceptors (Lipinski definition) is 6. The van der Waals surface area contributed by atoms with Crippen LogP contribution in [0, 0.1) is 0 Å². The molecule has 0 radical (unpaired) electrons. The van der Waals surface area contributed by atoms with Gasteiger partial charge in [0.2, 0.25) is 0 Å². The van der Waals surface area contributed by atoms with Crippen LogP contribution in [0.15, 0.2) is 36.9 Å². The van der Waals surface area contributed by atoms with E-state index in [0.29, 0.717) is 29.0 Å². The average Bonchev–Trinajstić information content (AvgIpc) is 3.17. The lowest BCUT2D eigenvalue weighted by molar-refractivity contribution is 0.0651. The van der Waals surface area contributed by atoms with Crippen LogP contribution in [0.3, 0.4) is 0 Å². The molecule has 0 saturated heterocycles. The van der Waals surface area contributed by atoms with Crippen LogP contribution < -0.4 is 5.73 Å². The number of aryl methyl sites for hydroxylation is 1. The van der Waals surface area contributed by atoms with Gasteiger partial charge in [0.05, 0.1) is 17.5 Å². The minimum Gasteiger partial charge on any atom is -0.382 e. The van der Waals surface area contributed by atoms with Crippen molar-refractivity contribution in [2.45, 2.75) is 25.8 Å². The summed E-state index contributed by atoms with van der Waals surface area (Å²) in [5.41, 5.74) is 8.11. The van der Waals surface area contributed by atoms with Gasteiger partial charge in [0.25, 0.3) is 11.8 Å². The zero-order valence-electron chi connectivity index (χ0n) is 14.1. The largest absolute Gasteiger partial charge is 0.382 e. The summed E-state index contributed by atoms with van der Waals surface area (Å²) < 4.78 is 1.94. The van der Waals surface area contributed by atoms with Crippen LogP contribution in [-0.2, 0) is 6.54 Å². The van der Waals surface area contributed by atoms with Gasteiger partial charge in [-0.3, -0.25) is 14.5 Å². The maximum absolute atomic E-state index is 12.3. The highest BCUT2D eigenvalue weighted by Crippen LogP contribution is 2.23. The summed E-state index contributed by atoms with van der Waals surface area (Å²) in [6.07, 6.45) is 5.67. The Hall–Kier alpha value is -3.29. The van der Waals surface area contributed by atoms with E-state index >= 15 is 0 Å². The summed E-state index contributed by atoms with van der Waals surface area (Å²) in [5.74, 6) is -0.0175. The van der Waals surface area contributed by atoms with Crippen LogP contribution in [0.5, 0.6) is 0 Å². The summed E-state index contributed by atoms with van der Waals surface area (Å²) in [6.45, 7) is 1.18. The first-order valence-electron chi connectivity index (χ1n) is 8.53. The predicted octanol–water partition coefficient (Wildman–Crippen LogP) is 1.88. The van der Waals surface area contributed by atoms with Crippen LogP contribution in [0.2, 0.25) is 0 Å². The number of rotatable bonds is 6. The van der Waals surface area contributed by atoms with E-state index in [1.54, 1.807) is 30.6 Å². The Bertz CT molecular complexity index is 961. The highest BCUT2D eigenvalue weighted by molar-refractivity contribution is 6.21. The SMILES string of the molecule is Nc1ncnc2c1ncn2CCCCCN1C(=O)c2ccccc2C1=O. The predicted molar refractivity (Wildman–Crippen MR) is 95.4 cm³/mol. The third kappa shape index (κ3) is 2.69. The topological polar surface area (TPSA) is 107 Å². The van der Waals surface area contributed by atoms with E-state index in [-0.39, 0.29) is 11.8 Å². The number of benzene rings is 1. The molecular weight excluding hydrogens is 332 g/mol. The second-order valence-electron chi connectivity index (χ2n) is 6.24. The van der Waals surface area contributed by atoms with E-state index in [1.165, 1.54) is 11.2 Å². The Morgan fingerprint density at radius 1 is 0.885 bits per heavy atom. The number of unbranched alkanes of at least 4 members (excludes halogenated alkanes) is 2. The van der Waals surface area contributed by atoms with Gasteiger partial charge in [-0.05, 0) is 31.4 Å². The summed E-state index contributed by atoms with van der Waals surface area (Å²) in [7, 11) is 0. The van der Waals surface area contributed by atoms with Crippen LogP contribution >= 0.6 is 0 Å². The molecule has 1 aliphatic heterocycles. The molecule has 2 N–H and O–H groups in total. The minimum atomic E-state index is -0.196. The van der Waals surface area contributed by atoms with Crippen LogP contribution in [0.25, 0.3) is 11.2 Å². The number of aromatic nitrogens is 4. The molecule has 1 aromatic carbocycles. The van der Waals surface area contributed by atoms with Crippen molar-refractivity contribution >= 4 is 28.8 Å². The summed E-state index contributed by atoms with van der Waals surface area (Å²) in [5, 5.41) is 0. The normalized spacial score (nSPS) is 13.6. The number of nitrogen functional groups attached to an aromatic ring is 1. The smallest absolute Gasteiger partial charge is 0.261 e. The Kier molecular flexibility index (Phi) is 4.08. The van der Waals surface area contributed by atoms with Crippen LogP contribution in [0.1, 0.15) is 40.0 Å². The highest BCUT2D eigenvalue weighted by atomic mass is 16.2. The number of carbonyl (C=O) groups excluding carboxylic acids is 2. The molecule has 0 fully saturated rings. The Labute approximate surface area is 149 Å². The molecule has 8 nitrogen and oxygen atoms in total. The van der Waals surface area contributed by atoms with Gasteiger partial charge in [-0.15, -0.1) is 0 Å². The molecule has 2 aromatic heterocycles. The highest BCUT2D eigenvalue weighted by Gasteiger charge is 2.34. The van der Waals surface area contributed by atoms with E-state index in [4.69, 9.17) is 5.73 Å². The first-order chi connectivity index (χ1) is 12.7. The standard InChI is InChI=1S/C18H18N6O2/c19-15-14-16(21-10-20-15)23(11-22-14)8-4-1-5-9-24-17(25)12-6-2-3-7-13(12)18(24)26/h2-3,6-7,10-11H,1,4-5,8-9H2,(H2,19,20,21). The molecule has 1 aliphatic rings. The first kappa shape index (κ1) is 16.2. The molecular formula is C18H18N6O2. The second-order valence-corrected chi connectivity index (χ2v) is 6.24. The van der Waals surface area contributed by atoms with Crippen molar-refractivity contribution in [2.75, 3.05) is 12.3 Å². The van der Waals surface area contributed by atoms with Gasteiger partial charge in [0.1, 0.15) is 11.8 Å². The number of nitrogens with two attached hydrogens (primary N) is 1. The molecule has 0 aliphatic carbocycles. The fourth-order valence-corrected chi connectivity index (χ4v) is 3.23. The van der Waals surface area contributed by atoms with Crippen molar-refractivity contribution < 1.29 is 9.59 Å². The Morgan fingerprint density at radius 2 is 1.58 bits per heavy atom. The number of amides is 2. The van der Waals surface area contributed by atoms with Gasteiger partial charge in [-0.2, -0.15) is 0 Å². The molecule has 26 heavy (non-hydrogen) atoms. The second kappa shape index (κ2) is 6.55. The van der Waals surface area contributed by atoms with Gasteiger partial charge in [-0.25, -0.2) is 15.0 Å². The molecule has 3 heterocycles. The fraction of sp³-hybridized carbons (Fsp3) is 0.278. The molecule has 0 atom stereocenters. The van der Waals surface area contributed by atoms with E-state index in [0.717, 1.165) is 31.5 Å². The Morgan fingerprint density at radius 3 is 2.31 bits per heavy atom. The van der Waals surface area contributed by atoms with Crippen molar-refractivity contribution in [2.24, 2.45) is 0 Å². The minimum absolute atomic E-state index is 0.196. The number of imide groups is 1. The molecule has 4 rings (SSSR count). The summed E-state index contributed by atoms with van der Waals surface area (Å²) in [4.78, 5) is 38.3. The van der Waals surface area contributed by atoms with E-state index in [9.17, 15) is 9.59 Å². The number of nitrogens with zero attached hydrogens (tertiary/aromatic N) is 5. The van der Waals surface area contributed by atoms with Gasteiger partial charge in [0.15, 0.2) is 11.5 Å². The van der Waals surface area contributed by atoms with Gasteiger partial charge in [0, 0.05) is 13.1 Å². The van der Waals surface area contributed by atoms with Crippen LogP contribution in [0.4, 0.5) is 5.82 Å². The van der Waals surface area contributed by atoms with Gasteiger partial charge < -0.3 is 10.3 Å². The van der Waals surface area contributed by atoms with E-state index < -0.39 is 0 Å². The van der Waals surface area contributed by atoms with Crippen molar-refractivity contribution in [1.29, 1.82) is 0 Å². The van der Waals surface area contributed by atoms with Crippen molar-refractivity contribution in [3.8, 4) is 0 Å². The molecule has 0 saturated carbocycles. The van der Waals surface area contributed by atoms with Crippen LogP contribution in [-0.4, -0.2) is 42.8 Å². The monoisotopic (exact) mass is 350 g/mol.